The van der Waals surface area contributed by atoms with Gasteiger partial charge in [0.25, 0.3) is 0 Å². The third kappa shape index (κ3) is 3.06. The molecule has 0 saturated carbocycles. The molecule has 0 unspecified atom stereocenters. The Labute approximate surface area is 105 Å². The van der Waals surface area contributed by atoms with Gasteiger partial charge in [0.2, 0.25) is 10.0 Å². The Kier molecular flexibility index (Phi) is 3.43. The molecule has 0 aromatic heterocycles. The van der Waals surface area contributed by atoms with Gasteiger partial charge in [-0.1, -0.05) is 0 Å². The molecule has 1 heterocycles. The van der Waals surface area contributed by atoms with E-state index in [0.29, 0.717) is 0 Å². The van der Waals surface area contributed by atoms with Crippen molar-refractivity contribution in [2.24, 2.45) is 0 Å². The Balaban J connectivity index is 2.16. The van der Waals surface area contributed by atoms with E-state index in [1.54, 1.807) is 0 Å². The number of hydrogen-bond donors (Lipinski definition) is 1. The van der Waals surface area contributed by atoms with Crippen LogP contribution in [0.3, 0.4) is 0 Å². The van der Waals surface area contributed by atoms with Gasteiger partial charge in [0, 0.05) is 6.04 Å². The fourth-order valence-electron chi connectivity index (χ4n) is 1.79. The minimum absolute atomic E-state index is 0.0103. The van der Waals surface area contributed by atoms with Crippen molar-refractivity contribution in [1.29, 1.82) is 0 Å². The van der Waals surface area contributed by atoms with Crippen molar-refractivity contribution in [1.82, 2.24) is 4.72 Å². The van der Waals surface area contributed by atoms with Gasteiger partial charge in [-0.05, 0) is 30.7 Å². The summed E-state index contributed by atoms with van der Waals surface area (Å²) in [5.74, 6) is -0.728. The van der Waals surface area contributed by atoms with E-state index in [0.717, 1.165) is 24.3 Å². The maximum atomic E-state index is 12.7. The molecule has 1 aliphatic heterocycles. The van der Waals surface area contributed by atoms with Crippen LogP contribution < -0.4 is 4.72 Å². The highest BCUT2D eigenvalue weighted by molar-refractivity contribution is 7.92. The SMILES string of the molecule is O=S1(=O)CC[C@@H](NS(=O)(=O)c2ccc(F)cc2)C1. The molecule has 1 aliphatic rings. The van der Waals surface area contributed by atoms with E-state index >= 15 is 0 Å². The number of hydrogen-bond acceptors (Lipinski definition) is 4. The molecule has 1 atom stereocenters. The van der Waals surface area contributed by atoms with E-state index in [-0.39, 0.29) is 22.8 Å². The van der Waals surface area contributed by atoms with E-state index in [9.17, 15) is 21.2 Å². The summed E-state index contributed by atoms with van der Waals surface area (Å²) >= 11 is 0. The Bertz CT molecular complexity index is 637. The molecular formula is C10H12FNO4S2. The zero-order valence-corrected chi connectivity index (χ0v) is 11.0. The molecule has 1 fully saturated rings. The predicted molar refractivity (Wildman–Crippen MR) is 63.8 cm³/mol. The molecule has 8 heteroatoms. The van der Waals surface area contributed by atoms with Crippen LogP contribution in [-0.2, 0) is 19.9 Å². The van der Waals surface area contributed by atoms with Crippen molar-refractivity contribution in [2.45, 2.75) is 17.4 Å². The summed E-state index contributed by atoms with van der Waals surface area (Å²) in [5.41, 5.74) is 0. The van der Waals surface area contributed by atoms with Gasteiger partial charge in [0.1, 0.15) is 5.82 Å². The van der Waals surface area contributed by atoms with Crippen molar-refractivity contribution in [3.05, 3.63) is 30.1 Å². The van der Waals surface area contributed by atoms with Crippen molar-refractivity contribution < 1.29 is 21.2 Å². The lowest BCUT2D eigenvalue weighted by molar-refractivity contribution is 0.562. The lowest BCUT2D eigenvalue weighted by atomic mass is 10.3. The number of nitrogens with one attached hydrogen (secondary N) is 1. The molecule has 100 valence electrons. The molecule has 5 nitrogen and oxygen atoms in total. The molecule has 0 spiro atoms. The third-order valence-corrected chi connectivity index (χ3v) is 5.98. The lowest BCUT2D eigenvalue weighted by Crippen LogP contribution is -2.35. The Hall–Kier alpha value is -0.990. The van der Waals surface area contributed by atoms with E-state index in [4.69, 9.17) is 0 Å². The van der Waals surface area contributed by atoms with Crippen LogP contribution in [-0.4, -0.2) is 34.4 Å². The molecule has 18 heavy (non-hydrogen) atoms. The average molecular weight is 293 g/mol. The number of rotatable bonds is 3. The van der Waals surface area contributed by atoms with Crippen LogP contribution in [0.15, 0.2) is 29.2 Å². The number of sulfonamides is 1. The summed E-state index contributed by atoms with van der Waals surface area (Å²) in [7, 11) is -6.94. The molecule has 0 radical (unpaired) electrons. The lowest BCUT2D eigenvalue weighted by Gasteiger charge is -2.11. The second kappa shape index (κ2) is 4.60. The van der Waals surface area contributed by atoms with Gasteiger partial charge >= 0.3 is 0 Å². The van der Waals surface area contributed by atoms with Crippen molar-refractivity contribution >= 4 is 19.9 Å². The van der Waals surface area contributed by atoms with E-state index in [2.05, 4.69) is 4.72 Å². The number of halogens is 1. The molecule has 0 aliphatic carbocycles. The highest BCUT2D eigenvalue weighted by Gasteiger charge is 2.31. The molecule has 1 aromatic rings. The van der Waals surface area contributed by atoms with Gasteiger partial charge in [-0.2, -0.15) is 0 Å². The molecule has 1 saturated heterocycles. The van der Waals surface area contributed by atoms with Gasteiger partial charge in [-0.15, -0.1) is 0 Å². The van der Waals surface area contributed by atoms with Crippen LogP contribution in [0.5, 0.6) is 0 Å². The molecule has 0 bridgehead atoms. The van der Waals surface area contributed by atoms with E-state index in [1.165, 1.54) is 0 Å². The molecular weight excluding hydrogens is 281 g/mol. The summed E-state index contributed by atoms with van der Waals surface area (Å²) in [6.45, 7) is 0. The average Bonchev–Trinajstić information content (AvgIpc) is 2.57. The van der Waals surface area contributed by atoms with Crippen molar-refractivity contribution in [3.63, 3.8) is 0 Å². The first-order valence-corrected chi connectivity index (χ1v) is 8.57. The van der Waals surface area contributed by atoms with Crippen LogP contribution in [0.4, 0.5) is 4.39 Å². The quantitative estimate of drug-likeness (QED) is 0.868. The minimum atomic E-state index is -3.79. The second-order valence-electron chi connectivity index (χ2n) is 4.18. The van der Waals surface area contributed by atoms with Crippen LogP contribution in [0, 0.1) is 5.82 Å². The monoisotopic (exact) mass is 293 g/mol. The first kappa shape index (κ1) is 13.4. The first-order valence-electron chi connectivity index (χ1n) is 5.27. The zero-order chi connectivity index (χ0) is 13.4. The zero-order valence-electron chi connectivity index (χ0n) is 9.34. The Morgan fingerprint density at radius 3 is 2.33 bits per heavy atom. The summed E-state index contributed by atoms with van der Waals surface area (Å²) in [4.78, 5) is -0.0757. The molecule has 0 amide bonds. The fourth-order valence-corrected chi connectivity index (χ4v) is 4.84. The maximum absolute atomic E-state index is 12.7. The summed E-state index contributed by atoms with van der Waals surface area (Å²) in [5, 5.41) is 0. The number of sulfone groups is 1. The minimum Gasteiger partial charge on any atom is -0.229 e. The van der Waals surface area contributed by atoms with Gasteiger partial charge in [-0.3, -0.25) is 0 Å². The number of benzene rings is 1. The summed E-state index contributed by atoms with van der Waals surface area (Å²) in [6, 6.07) is 3.76. The molecule has 1 aromatic carbocycles. The van der Waals surface area contributed by atoms with Crippen LogP contribution >= 0.6 is 0 Å². The highest BCUT2D eigenvalue weighted by atomic mass is 32.2. The van der Waals surface area contributed by atoms with E-state index in [1.807, 2.05) is 0 Å². The standard InChI is InChI=1S/C10H12FNO4S2/c11-8-1-3-10(4-2-8)18(15,16)12-9-5-6-17(13,14)7-9/h1-4,9,12H,5-7H2/t9-/m1/s1. The second-order valence-corrected chi connectivity index (χ2v) is 8.12. The van der Waals surface area contributed by atoms with Gasteiger partial charge in [0.15, 0.2) is 9.84 Å². The van der Waals surface area contributed by atoms with E-state index < -0.39 is 31.7 Å². The van der Waals surface area contributed by atoms with Crippen LogP contribution in [0.25, 0.3) is 0 Å². The third-order valence-electron chi connectivity index (χ3n) is 2.68. The smallest absolute Gasteiger partial charge is 0.229 e. The Morgan fingerprint density at radius 1 is 1.22 bits per heavy atom. The first-order chi connectivity index (χ1) is 8.28. The molecule has 1 N–H and O–H groups in total. The highest BCUT2D eigenvalue weighted by Crippen LogP contribution is 2.16. The topological polar surface area (TPSA) is 80.3 Å². The van der Waals surface area contributed by atoms with Gasteiger partial charge < -0.3 is 0 Å². The maximum Gasteiger partial charge on any atom is 0.240 e. The van der Waals surface area contributed by atoms with Crippen molar-refractivity contribution in [2.75, 3.05) is 11.5 Å². The van der Waals surface area contributed by atoms with Gasteiger partial charge in [-0.25, -0.2) is 25.9 Å². The summed E-state index contributed by atoms with van der Waals surface area (Å²) in [6.07, 6.45) is 0.267. The summed E-state index contributed by atoms with van der Waals surface area (Å²) < 4.78 is 61.2. The molecule has 2 rings (SSSR count). The normalized spacial score (nSPS) is 23.1. The fraction of sp³-hybridized carbons (Fsp3) is 0.400. The Morgan fingerprint density at radius 2 is 1.83 bits per heavy atom. The largest absolute Gasteiger partial charge is 0.240 e. The van der Waals surface area contributed by atoms with Gasteiger partial charge in [0.05, 0.1) is 16.4 Å². The van der Waals surface area contributed by atoms with Crippen molar-refractivity contribution in [3.8, 4) is 0 Å². The van der Waals surface area contributed by atoms with Crippen LogP contribution in [0.2, 0.25) is 0 Å². The van der Waals surface area contributed by atoms with Crippen LogP contribution in [0.1, 0.15) is 6.42 Å². The predicted octanol–water partition coefficient (Wildman–Crippen LogP) is 0.291.